The lowest BCUT2D eigenvalue weighted by atomic mass is 9.64. The van der Waals surface area contributed by atoms with Crippen molar-refractivity contribution >= 4 is 17.8 Å². The normalized spacial score (nSPS) is 20.1. The number of hydrogen-bond donors (Lipinski definition) is 2. The summed E-state index contributed by atoms with van der Waals surface area (Å²) in [6.07, 6.45) is 0.765. The topological polar surface area (TPSA) is 104 Å². The molecule has 158 valence electrons. The van der Waals surface area contributed by atoms with E-state index in [0.717, 1.165) is 5.56 Å². The zero-order valence-corrected chi connectivity index (χ0v) is 16.7. The van der Waals surface area contributed by atoms with Crippen molar-refractivity contribution in [2.75, 3.05) is 6.54 Å². The van der Waals surface area contributed by atoms with Crippen molar-refractivity contribution in [1.82, 2.24) is 4.90 Å². The summed E-state index contributed by atoms with van der Waals surface area (Å²) in [6.45, 7) is 2.70. The molecular weight excluding hydrogens is 386 g/mol. The van der Waals surface area contributed by atoms with Gasteiger partial charge in [-0.3, -0.25) is 14.4 Å². The largest absolute Gasteiger partial charge is 0.481 e. The van der Waals surface area contributed by atoms with E-state index in [1.807, 2.05) is 61.5 Å². The van der Waals surface area contributed by atoms with Gasteiger partial charge in [-0.25, -0.2) is 0 Å². The van der Waals surface area contributed by atoms with Gasteiger partial charge in [-0.2, -0.15) is 0 Å². The lowest BCUT2D eigenvalue weighted by Crippen LogP contribution is -2.53. The maximum absolute atomic E-state index is 13.0. The van der Waals surface area contributed by atoms with E-state index >= 15 is 0 Å². The molecule has 7 nitrogen and oxygen atoms in total. The monoisotopic (exact) mass is 411 g/mol. The molecule has 1 amide bonds. The Hall–Kier alpha value is -3.35. The van der Waals surface area contributed by atoms with Crippen LogP contribution in [0.15, 0.2) is 54.6 Å². The number of carbonyl (C=O) groups excluding carboxylic acids is 1. The number of carboxylic acid groups (broad SMARTS) is 2. The number of carboxylic acids is 2. The average molecular weight is 411 g/mol. The van der Waals surface area contributed by atoms with Crippen molar-refractivity contribution in [3.05, 3.63) is 60.2 Å². The summed E-state index contributed by atoms with van der Waals surface area (Å²) in [5, 5.41) is 18.6. The first kappa shape index (κ1) is 21.4. The van der Waals surface area contributed by atoms with Gasteiger partial charge in [-0.15, -0.1) is 0 Å². The minimum atomic E-state index is -1.23. The summed E-state index contributed by atoms with van der Waals surface area (Å²) in [5.41, 5.74) is 0.853. The molecule has 3 atom stereocenters. The van der Waals surface area contributed by atoms with Gasteiger partial charge in [0.05, 0.1) is 17.8 Å². The van der Waals surface area contributed by atoms with E-state index in [-0.39, 0.29) is 12.3 Å². The fourth-order valence-electron chi connectivity index (χ4n) is 3.83. The van der Waals surface area contributed by atoms with Gasteiger partial charge in [0.25, 0.3) is 0 Å². The number of ether oxygens (including phenoxy) is 1. The maximum Gasteiger partial charge on any atom is 0.308 e. The molecule has 1 aliphatic rings. The van der Waals surface area contributed by atoms with Crippen LogP contribution in [0.4, 0.5) is 0 Å². The van der Waals surface area contributed by atoms with Crippen LogP contribution in [0.5, 0.6) is 11.5 Å². The van der Waals surface area contributed by atoms with Crippen LogP contribution >= 0.6 is 0 Å². The number of hydrogen-bond acceptors (Lipinski definition) is 4. The Morgan fingerprint density at radius 3 is 2.30 bits per heavy atom. The highest BCUT2D eigenvalue weighted by Gasteiger charge is 2.54. The van der Waals surface area contributed by atoms with Gasteiger partial charge in [0.1, 0.15) is 11.5 Å². The molecule has 0 spiro atoms. The van der Waals surface area contributed by atoms with Gasteiger partial charge >= 0.3 is 11.9 Å². The standard InChI is InChI=1S/C23H25NO6/c1-2-11-24(21(25)18-13-19(22(26)27)20(18)23(28)29)14-15-7-6-10-17(12-15)30-16-8-4-3-5-9-16/h3-10,12,18-20H,2,11,13-14H2,1H3,(H,26,27)(H,28,29). The van der Waals surface area contributed by atoms with Crippen LogP contribution in [0, 0.1) is 17.8 Å². The third-order valence-corrected chi connectivity index (χ3v) is 5.35. The molecular formula is C23H25NO6. The second-order valence-electron chi connectivity index (χ2n) is 7.47. The second kappa shape index (κ2) is 9.43. The minimum Gasteiger partial charge on any atom is -0.481 e. The van der Waals surface area contributed by atoms with Crippen LogP contribution in [0.25, 0.3) is 0 Å². The highest BCUT2D eigenvalue weighted by molar-refractivity contribution is 5.91. The Bertz CT molecular complexity index is 913. The molecule has 3 rings (SSSR count). The first-order valence-electron chi connectivity index (χ1n) is 9.97. The van der Waals surface area contributed by atoms with Gasteiger partial charge < -0.3 is 19.8 Å². The predicted molar refractivity (Wildman–Crippen MR) is 109 cm³/mol. The van der Waals surface area contributed by atoms with Crippen LogP contribution in [0.2, 0.25) is 0 Å². The van der Waals surface area contributed by atoms with Crippen molar-refractivity contribution < 1.29 is 29.3 Å². The number of nitrogens with zero attached hydrogens (tertiary/aromatic N) is 1. The lowest BCUT2D eigenvalue weighted by molar-refractivity contribution is -0.172. The first-order valence-corrected chi connectivity index (χ1v) is 9.97. The highest BCUT2D eigenvalue weighted by Crippen LogP contribution is 2.42. The summed E-state index contributed by atoms with van der Waals surface area (Å²) < 4.78 is 5.84. The van der Waals surface area contributed by atoms with Crippen molar-refractivity contribution in [1.29, 1.82) is 0 Å². The van der Waals surface area contributed by atoms with E-state index in [4.69, 9.17) is 4.74 Å². The molecule has 1 aliphatic carbocycles. The Morgan fingerprint density at radius 2 is 1.67 bits per heavy atom. The minimum absolute atomic E-state index is 0.0580. The van der Waals surface area contributed by atoms with Crippen molar-refractivity contribution in [2.24, 2.45) is 17.8 Å². The van der Waals surface area contributed by atoms with Gasteiger partial charge in [0, 0.05) is 13.1 Å². The molecule has 0 aliphatic heterocycles. The molecule has 2 aromatic carbocycles. The zero-order chi connectivity index (χ0) is 21.7. The molecule has 0 saturated heterocycles. The lowest BCUT2D eigenvalue weighted by Gasteiger charge is -2.40. The van der Waals surface area contributed by atoms with Crippen molar-refractivity contribution in [3.8, 4) is 11.5 Å². The quantitative estimate of drug-likeness (QED) is 0.653. The van der Waals surface area contributed by atoms with E-state index in [1.54, 1.807) is 4.90 Å². The molecule has 0 heterocycles. The summed E-state index contributed by atoms with van der Waals surface area (Å²) in [7, 11) is 0. The van der Waals surface area contributed by atoms with E-state index in [9.17, 15) is 24.6 Å². The molecule has 2 N–H and O–H groups in total. The molecule has 1 saturated carbocycles. The van der Waals surface area contributed by atoms with Crippen LogP contribution in [0.1, 0.15) is 25.3 Å². The number of carbonyl (C=O) groups is 3. The molecule has 3 unspecified atom stereocenters. The summed E-state index contributed by atoms with van der Waals surface area (Å²) in [6, 6.07) is 16.7. The van der Waals surface area contributed by atoms with Crippen LogP contribution in [-0.4, -0.2) is 39.5 Å². The first-order chi connectivity index (χ1) is 14.4. The van der Waals surface area contributed by atoms with Gasteiger partial charge in [-0.05, 0) is 42.7 Å². The molecule has 1 fully saturated rings. The smallest absolute Gasteiger partial charge is 0.308 e. The maximum atomic E-state index is 13.0. The van der Waals surface area contributed by atoms with E-state index in [0.29, 0.717) is 31.0 Å². The van der Waals surface area contributed by atoms with Crippen molar-refractivity contribution in [3.63, 3.8) is 0 Å². The fraction of sp³-hybridized carbons (Fsp3) is 0.348. The molecule has 7 heteroatoms. The molecule has 0 bridgehead atoms. The third kappa shape index (κ3) is 4.79. The number of para-hydroxylation sites is 1. The van der Waals surface area contributed by atoms with Gasteiger partial charge in [-0.1, -0.05) is 37.3 Å². The third-order valence-electron chi connectivity index (χ3n) is 5.35. The second-order valence-corrected chi connectivity index (χ2v) is 7.47. The van der Waals surface area contributed by atoms with Crippen LogP contribution in [0.3, 0.4) is 0 Å². The molecule has 0 aromatic heterocycles. The molecule has 2 aromatic rings. The highest BCUT2D eigenvalue weighted by atomic mass is 16.5. The molecule has 0 radical (unpaired) electrons. The Kier molecular flexibility index (Phi) is 6.72. The summed E-state index contributed by atoms with van der Waals surface area (Å²) in [5.74, 6) is -4.36. The number of aliphatic carboxylic acids is 2. The van der Waals surface area contributed by atoms with E-state index < -0.39 is 29.7 Å². The van der Waals surface area contributed by atoms with E-state index in [2.05, 4.69) is 0 Å². The predicted octanol–water partition coefficient (Wildman–Crippen LogP) is 3.64. The van der Waals surface area contributed by atoms with Gasteiger partial charge in [0.15, 0.2) is 0 Å². The number of rotatable bonds is 9. The summed E-state index contributed by atoms with van der Waals surface area (Å²) in [4.78, 5) is 37.4. The SMILES string of the molecule is CCCN(Cc1cccc(Oc2ccccc2)c1)C(=O)C1CC(C(=O)O)C1C(=O)O. The summed E-state index contributed by atoms with van der Waals surface area (Å²) >= 11 is 0. The Labute approximate surface area is 174 Å². The van der Waals surface area contributed by atoms with Crippen molar-refractivity contribution in [2.45, 2.75) is 26.3 Å². The Morgan fingerprint density at radius 1 is 0.967 bits per heavy atom. The van der Waals surface area contributed by atoms with Crippen LogP contribution < -0.4 is 4.74 Å². The zero-order valence-electron chi connectivity index (χ0n) is 16.7. The number of benzene rings is 2. The molecule has 30 heavy (non-hydrogen) atoms. The average Bonchev–Trinajstić information content (AvgIpc) is 2.67. The Balaban J connectivity index is 1.72. The number of amides is 1. The fourth-order valence-corrected chi connectivity index (χ4v) is 3.83. The van der Waals surface area contributed by atoms with Crippen LogP contribution in [-0.2, 0) is 20.9 Å². The van der Waals surface area contributed by atoms with Gasteiger partial charge in [0.2, 0.25) is 5.91 Å². The van der Waals surface area contributed by atoms with E-state index in [1.165, 1.54) is 0 Å².